The molecule has 4 aromatic carbocycles. The fraction of sp³-hybridized carbons (Fsp3) is 0.211. The Kier molecular flexibility index (Phi) is 6.51. The lowest BCUT2D eigenvalue weighted by Gasteiger charge is -2.50. The summed E-state index contributed by atoms with van der Waals surface area (Å²) in [7, 11) is 0. The van der Waals surface area contributed by atoms with E-state index in [9.17, 15) is 19.5 Å². The summed E-state index contributed by atoms with van der Waals surface area (Å²) >= 11 is 6.36. The Morgan fingerprint density at radius 2 is 1.39 bits per heavy atom. The second kappa shape index (κ2) is 10.5. The standard InChI is InChI=1S/C38H29ClN2O5/c39-24-12-8-15-26(20-24)41-35(44)31-21-30-28(17-18-29-32(30)36(45)40(34(29)43)25-13-5-2-6-14-25)33(22-9-7-16-27(42)19-22)38(31,37(41)46)23-10-3-1-4-11-23/h1-17,19-20,29-33,42H,18,21H2/t29-,30+,31-,32-,33-,38+/m0/s1. The number of nitrogens with zero attached hydrogens (tertiary/aromatic N) is 2. The average molecular weight is 629 g/mol. The van der Waals surface area contributed by atoms with E-state index in [1.54, 1.807) is 66.7 Å². The van der Waals surface area contributed by atoms with Crippen molar-refractivity contribution < 1.29 is 24.3 Å². The van der Waals surface area contributed by atoms with Crippen LogP contribution in [0.5, 0.6) is 5.75 Å². The van der Waals surface area contributed by atoms with Crippen molar-refractivity contribution in [3.05, 3.63) is 137 Å². The molecule has 2 heterocycles. The number of carbonyl (C=O) groups excluding carboxylic acids is 4. The first-order valence-electron chi connectivity index (χ1n) is 15.4. The first-order valence-corrected chi connectivity index (χ1v) is 15.8. The van der Waals surface area contributed by atoms with Gasteiger partial charge in [-0.3, -0.25) is 24.1 Å². The van der Waals surface area contributed by atoms with Crippen molar-refractivity contribution in [2.45, 2.75) is 24.2 Å². The summed E-state index contributed by atoms with van der Waals surface area (Å²) < 4.78 is 0. The van der Waals surface area contributed by atoms with Gasteiger partial charge in [0.05, 0.1) is 34.5 Å². The van der Waals surface area contributed by atoms with Crippen LogP contribution in [-0.2, 0) is 24.6 Å². The van der Waals surface area contributed by atoms with Gasteiger partial charge in [0.15, 0.2) is 0 Å². The Bertz CT molecular complexity index is 1960. The number of benzene rings is 4. The highest BCUT2D eigenvalue weighted by Crippen LogP contribution is 2.64. The summed E-state index contributed by atoms with van der Waals surface area (Å²) in [6, 6.07) is 31.7. The van der Waals surface area contributed by atoms with Crippen molar-refractivity contribution in [1.82, 2.24) is 0 Å². The molecule has 2 aliphatic heterocycles. The molecule has 8 rings (SSSR count). The van der Waals surface area contributed by atoms with Crippen LogP contribution in [0.2, 0.25) is 5.02 Å². The number of allylic oxidation sites excluding steroid dienone is 2. The molecule has 0 bridgehead atoms. The minimum absolute atomic E-state index is 0.0273. The van der Waals surface area contributed by atoms with E-state index in [0.29, 0.717) is 33.9 Å². The summed E-state index contributed by atoms with van der Waals surface area (Å²) in [5.74, 6) is -4.57. The van der Waals surface area contributed by atoms with Crippen LogP contribution < -0.4 is 9.80 Å². The number of imide groups is 2. The van der Waals surface area contributed by atoms with Gasteiger partial charge >= 0.3 is 0 Å². The molecule has 2 saturated heterocycles. The highest BCUT2D eigenvalue weighted by atomic mass is 35.5. The Balaban J connectivity index is 1.36. The molecular weight excluding hydrogens is 600 g/mol. The molecule has 2 aliphatic carbocycles. The predicted octanol–water partition coefficient (Wildman–Crippen LogP) is 6.41. The highest BCUT2D eigenvalue weighted by molar-refractivity contribution is 6.32. The minimum Gasteiger partial charge on any atom is -0.508 e. The van der Waals surface area contributed by atoms with Gasteiger partial charge in [0.25, 0.3) is 0 Å². The van der Waals surface area contributed by atoms with E-state index in [1.807, 2.05) is 48.5 Å². The number of phenolic OH excluding ortho intramolecular Hbond substituents is 1. The van der Waals surface area contributed by atoms with E-state index in [0.717, 1.165) is 5.57 Å². The van der Waals surface area contributed by atoms with Crippen LogP contribution in [0.4, 0.5) is 11.4 Å². The van der Waals surface area contributed by atoms with Crippen molar-refractivity contribution in [2.24, 2.45) is 23.7 Å². The molecule has 8 heteroatoms. The van der Waals surface area contributed by atoms with Crippen LogP contribution in [0.3, 0.4) is 0 Å². The number of hydrogen-bond donors (Lipinski definition) is 1. The van der Waals surface area contributed by atoms with Crippen molar-refractivity contribution in [3.8, 4) is 5.75 Å². The Hall–Kier alpha value is -5.01. The van der Waals surface area contributed by atoms with Gasteiger partial charge in [-0.15, -0.1) is 0 Å². The normalized spacial score (nSPS) is 28.5. The molecule has 4 aliphatic rings. The average Bonchev–Trinajstić information content (AvgIpc) is 3.46. The van der Waals surface area contributed by atoms with Gasteiger partial charge in [0.2, 0.25) is 23.6 Å². The maximum atomic E-state index is 15.2. The number of para-hydroxylation sites is 1. The maximum Gasteiger partial charge on any atom is 0.246 e. The van der Waals surface area contributed by atoms with Crippen molar-refractivity contribution >= 4 is 46.6 Å². The lowest BCUT2D eigenvalue weighted by molar-refractivity contribution is -0.127. The van der Waals surface area contributed by atoms with Crippen molar-refractivity contribution in [2.75, 3.05) is 9.80 Å². The molecule has 0 radical (unpaired) electrons. The van der Waals surface area contributed by atoms with Gasteiger partial charge in [0.1, 0.15) is 5.75 Å². The summed E-state index contributed by atoms with van der Waals surface area (Å²) in [6.45, 7) is 0. The Morgan fingerprint density at radius 3 is 2.11 bits per heavy atom. The lowest BCUT2D eigenvalue weighted by atomic mass is 9.49. The SMILES string of the molecule is O=C1[C@H]2[C@H](CC=C3[C@H]2C[C@H]2C(=O)N(c4cccc(Cl)c4)C(=O)[C@@]2(c2ccccc2)[C@H]3c2cccc(O)c2)C(=O)N1c1ccccc1. The van der Waals surface area contributed by atoms with Gasteiger partial charge in [0, 0.05) is 10.9 Å². The molecule has 228 valence electrons. The van der Waals surface area contributed by atoms with Gasteiger partial charge in [-0.05, 0) is 72.4 Å². The monoisotopic (exact) mass is 628 g/mol. The maximum absolute atomic E-state index is 15.2. The number of carbonyl (C=O) groups is 4. The molecule has 3 fully saturated rings. The molecular formula is C38H29ClN2O5. The molecule has 0 spiro atoms. The fourth-order valence-electron chi connectivity index (χ4n) is 8.65. The molecule has 4 amide bonds. The molecule has 7 nitrogen and oxygen atoms in total. The Labute approximate surface area is 270 Å². The van der Waals surface area contributed by atoms with E-state index >= 15 is 4.79 Å². The Morgan fingerprint density at radius 1 is 0.696 bits per heavy atom. The van der Waals surface area contributed by atoms with E-state index < -0.39 is 35.0 Å². The zero-order valence-electron chi connectivity index (χ0n) is 24.6. The first kappa shape index (κ1) is 28.5. The molecule has 6 atom stereocenters. The molecule has 46 heavy (non-hydrogen) atoms. The molecule has 4 aromatic rings. The fourth-order valence-corrected chi connectivity index (χ4v) is 8.84. The zero-order chi connectivity index (χ0) is 31.7. The van der Waals surface area contributed by atoms with Crippen molar-refractivity contribution in [1.29, 1.82) is 0 Å². The molecule has 1 N–H and O–H groups in total. The second-order valence-electron chi connectivity index (χ2n) is 12.5. The van der Waals surface area contributed by atoms with Crippen LogP contribution in [0, 0.1) is 23.7 Å². The largest absolute Gasteiger partial charge is 0.508 e. The summed E-state index contributed by atoms with van der Waals surface area (Å²) in [5, 5.41) is 11.1. The predicted molar refractivity (Wildman–Crippen MR) is 173 cm³/mol. The third-order valence-electron chi connectivity index (χ3n) is 10.4. The van der Waals surface area contributed by atoms with Gasteiger partial charge in [-0.2, -0.15) is 0 Å². The highest BCUT2D eigenvalue weighted by Gasteiger charge is 2.70. The number of fused-ring (bicyclic) bond motifs is 4. The topological polar surface area (TPSA) is 95.0 Å². The number of anilines is 2. The summed E-state index contributed by atoms with van der Waals surface area (Å²) in [4.78, 5) is 60.5. The number of amides is 4. The van der Waals surface area contributed by atoms with Crippen LogP contribution in [0.1, 0.15) is 29.9 Å². The van der Waals surface area contributed by atoms with E-state index in [4.69, 9.17) is 11.6 Å². The van der Waals surface area contributed by atoms with E-state index in [-0.39, 0.29) is 35.8 Å². The molecule has 0 aromatic heterocycles. The van der Waals surface area contributed by atoms with Crippen molar-refractivity contribution in [3.63, 3.8) is 0 Å². The molecule has 0 unspecified atom stereocenters. The quantitative estimate of drug-likeness (QED) is 0.208. The molecule has 1 saturated carbocycles. The van der Waals surface area contributed by atoms with Gasteiger partial charge < -0.3 is 5.11 Å². The number of aromatic hydroxyl groups is 1. The van der Waals surface area contributed by atoms with Crippen LogP contribution in [0.15, 0.2) is 121 Å². The number of halogens is 1. The lowest BCUT2D eigenvalue weighted by Crippen LogP contribution is -2.53. The zero-order valence-corrected chi connectivity index (χ0v) is 25.4. The third kappa shape index (κ3) is 3.91. The van der Waals surface area contributed by atoms with Crippen LogP contribution >= 0.6 is 11.6 Å². The number of phenols is 1. The first-order chi connectivity index (χ1) is 22.3. The van der Waals surface area contributed by atoms with Gasteiger partial charge in [-0.25, -0.2) is 4.90 Å². The summed E-state index contributed by atoms with van der Waals surface area (Å²) in [6.07, 6.45) is 2.55. The third-order valence-corrected chi connectivity index (χ3v) is 10.6. The van der Waals surface area contributed by atoms with Crippen LogP contribution in [-0.4, -0.2) is 28.7 Å². The van der Waals surface area contributed by atoms with Gasteiger partial charge in [-0.1, -0.05) is 90.0 Å². The minimum atomic E-state index is -1.38. The number of hydrogen-bond acceptors (Lipinski definition) is 5. The number of rotatable bonds is 4. The van der Waals surface area contributed by atoms with Crippen LogP contribution in [0.25, 0.3) is 0 Å². The summed E-state index contributed by atoms with van der Waals surface area (Å²) in [5.41, 5.74) is 1.70. The second-order valence-corrected chi connectivity index (χ2v) is 13.0. The van der Waals surface area contributed by atoms with E-state index in [1.165, 1.54) is 9.80 Å². The van der Waals surface area contributed by atoms with E-state index in [2.05, 4.69) is 0 Å². The smallest absolute Gasteiger partial charge is 0.246 e.